The highest BCUT2D eigenvalue weighted by molar-refractivity contribution is 5.94. The standard InChI is InChI=1S/C22H22FN3O3/c1-28-19-9-5-16(11-20(19)29-2)13-24-21-10-6-17(14-25-21)22(27)26-12-15-3-7-18(23)8-4-15/h3-11,14H,12-13H2,1-2H3,(H,24,25)(H,26,27). The minimum atomic E-state index is -0.305. The van der Waals surface area contributed by atoms with E-state index in [4.69, 9.17) is 9.47 Å². The minimum absolute atomic E-state index is 0.242. The highest BCUT2D eigenvalue weighted by Crippen LogP contribution is 2.27. The molecule has 7 heteroatoms. The van der Waals surface area contributed by atoms with Crippen molar-refractivity contribution in [2.45, 2.75) is 13.1 Å². The first kappa shape index (κ1) is 20.1. The molecular weight excluding hydrogens is 373 g/mol. The van der Waals surface area contributed by atoms with E-state index in [1.165, 1.54) is 18.3 Å². The van der Waals surface area contributed by atoms with E-state index in [9.17, 15) is 9.18 Å². The van der Waals surface area contributed by atoms with Gasteiger partial charge in [0.25, 0.3) is 5.91 Å². The predicted octanol–water partition coefficient (Wildman–Crippen LogP) is 3.78. The number of amides is 1. The number of carbonyl (C=O) groups is 1. The second-order valence-corrected chi connectivity index (χ2v) is 6.28. The van der Waals surface area contributed by atoms with Crippen LogP contribution in [0.15, 0.2) is 60.8 Å². The van der Waals surface area contributed by atoms with Crippen LogP contribution in [0.5, 0.6) is 11.5 Å². The SMILES string of the molecule is COc1ccc(CNc2ccc(C(=O)NCc3ccc(F)cc3)cn2)cc1OC. The van der Waals surface area contributed by atoms with E-state index in [0.29, 0.717) is 36.0 Å². The molecule has 0 bridgehead atoms. The molecule has 1 aromatic heterocycles. The Hall–Kier alpha value is -3.61. The van der Waals surface area contributed by atoms with Gasteiger partial charge in [-0.25, -0.2) is 9.37 Å². The molecule has 0 saturated carbocycles. The molecule has 6 nitrogen and oxygen atoms in total. The second-order valence-electron chi connectivity index (χ2n) is 6.28. The average molecular weight is 395 g/mol. The van der Waals surface area contributed by atoms with Gasteiger partial charge in [0.15, 0.2) is 11.5 Å². The lowest BCUT2D eigenvalue weighted by atomic mass is 10.2. The van der Waals surface area contributed by atoms with Crippen LogP contribution >= 0.6 is 0 Å². The van der Waals surface area contributed by atoms with Gasteiger partial charge in [0.05, 0.1) is 19.8 Å². The van der Waals surface area contributed by atoms with E-state index in [1.54, 1.807) is 38.5 Å². The molecule has 0 unspecified atom stereocenters. The first-order valence-electron chi connectivity index (χ1n) is 9.02. The van der Waals surface area contributed by atoms with Crippen molar-refractivity contribution in [1.29, 1.82) is 0 Å². The van der Waals surface area contributed by atoms with Crippen LogP contribution in [0.4, 0.5) is 10.2 Å². The van der Waals surface area contributed by atoms with E-state index in [2.05, 4.69) is 15.6 Å². The van der Waals surface area contributed by atoms with E-state index in [-0.39, 0.29) is 11.7 Å². The number of nitrogens with one attached hydrogen (secondary N) is 2. The van der Waals surface area contributed by atoms with Crippen molar-refractivity contribution >= 4 is 11.7 Å². The Morgan fingerprint density at radius 2 is 1.66 bits per heavy atom. The molecule has 0 aliphatic rings. The fraction of sp³-hybridized carbons (Fsp3) is 0.182. The number of ether oxygens (including phenoxy) is 2. The fourth-order valence-electron chi connectivity index (χ4n) is 2.70. The summed E-state index contributed by atoms with van der Waals surface area (Å²) in [4.78, 5) is 16.5. The maximum atomic E-state index is 12.9. The molecule has 3 rings (SSSR count). The molecule has 3 aromatic rings. The summed E-state index contributed by atoms with van der Waals surface area (Å²) in [5.74, 6) is 1.43. The number of carbonyl (C=O) groups excluding carboxylic acids is 1. The van der Waals surface area contributed by atoms with E-state index >= 15 is 0 Å². The number of aromatic nitrogens is 1. The predicted molar refractivity (Wildman–Crippen MR) is 109 cm³/mol. The van der Waals surface area contributed by atoms with Crippen molar-refractivity contribution < 1.29 is 18.7 Å². The van der Waals surface area contributed by atoms with Gasteiger partial charge >= 0.3 is 0 Å². The highest BCUT2D eigenvalue weighted by Gasteiger charge is 2.07. The van der Waals surface area contributed by atoms with Gasteiger partial charge in [0.1, 0.15) is 11.6 Å². The average Bonchev–Trinajstić information content (AvgIpc) is 2.77. The van der Waals surface area contributed by atoms with Crippen molar-refractivity contribution in [1.82, 2.24) is 10.3 Å². The number of hydrogen-bond donors (Lipinski definition) is 2. The number of methoxy groups -OCH3 is 2. The lowest BCUT2D eigenvalue weighted by molar-refractivity contribution is 0.0950. The summed E-state index contributed by atoms with van der Waals surface area (Å²) in [5, 5.41) is 5.99. The van der Waals surface area contributed by atoms with Crippen LogP contribution in [-0.2, 0) is 13.1 Å². The zero-order valence-corrected chi connectivity index (χ0v) is 16.2. The van der Waals surface area contributed by atoms with Gasteiger partial charge in [-0.1, -0.05) is 18.2 Å². The molecule has 0 fully saturated rings. The van der Waals surface area contributed by atoms with E-state index in [1.807, 2.05) is 18.2 Å². The second kappa shape index (κ2) is 9.54. The summed E-state index contributed by atoms with van der Waals surface area (Å²) >= 11 is 0. The number of nitrogens with zero attached hydrogens (tertiary/aromatic N) is 1. The van der Waals surface area contributed by atoms with Gasteiger partial charge in [-0.2, -0.15) is 0 Å². The van der Waals surface area contributed by atoms with Crippen LogP contribution < -0.4 is 20.1 Å². The Labute approximate surface area is 168 Å². The molecule has 29 heavy (non-hydrogen) atoms. The van der Waals surface area contributed by atoms with Crippen LogP contribution in [0.3, 0.4) is 0 Å². The number of pyridine rings is 1. The normalized spacial score (nSPS) is 10.3. The topological polar surface area (TPSA) is 72.5 Å². The fourth-order valence-corrected chi connectivity index (χ4v) is 2.70. The summed E-state index contributed by atoms with van der Waals surface area (Å²) in [7, 11) is 3.19. The summed E-state index contributed by atoms with van der Waals surface area (Å²) in [6.45, 7) is 0.863. The van der Waals surface area contributed by atoms with Gasteiger partial charge in [0, 0.05) is 19.3 Å². The van der Waals surface area contributed by atoms with Crippen LogP contribution in [0.1, 0.15) is 21.5 Å². The molecular formula is C22H22FN3O3. The van der Waals surface area contributed by atoms with Crippen LogP contribution in [0.25, 0.3) is 0 Å². The molecule has 150 valence electrons. The number of benzene rings is 2. The van der Waals surface area contributed by atoms with Gasteiger partial charge in [-0.05, 0) is 47.5 Å². The number of rotatable bonds is 8. The molecule has 0 atom stereocenters. The maximum absolute atomic E-state index is 12.9. The molecule has 2 aromatic carbocycles. The maximum Gasteiger partial charge on any atom is 0.253 e. The Morgan fingerprint density at radius 3 is 2.31 bits per heavy atom. The third-order valence-corrected chi connectivity index (χ3v) is 4.31. The number of hydrogen-bond acceptors (Lipinski definition) is 5. The monoisotopic (exact) mass is 395 g/mol. The summed E-state index contributed by atoms with van der Waals surface area (Å²) < 4.78 is 23.4. The van der Waals surface area contributed by atoms with Gasteiger partial charge in [-0.3, -0.25) is 4.79 Å². The quantitative estimate of drug-likeness (QED) is 0.607. The van der Waals surface area contributed by atoms with Crippen LogP contribution in [-0.4, -0.2) is 25.1 Å². The lowest BCUT2D eigenvalue weighted by Crippen LogP contribution is -2.22. The zero-order valence-electron chi connectivity index (χ0n) is 16.2. The number of halogens is 1. The van der Waals surface area contributed by atoms with Crippen molar-refractivity contribution in [3.63, 3.8) is 0 Å². The van der Waals surface area contributed by atoms with Crippen molar-refractivity contribution in [2.75, 3.05) is 19.5 Å². The van der Waals surface area contributed by atoms with Gasteiger partial charge in [-0.15, -0.1) is 0 Å². The Balaban J connectivity index is 1.54. The molecule has 0 radical (unpaired) electrons. The third kappa shape index (κ3) is 5.44. The molecule has 0 saturated heterocycles. The first-order valence-corrected chi connectivity index (χ1v) is 9.02. The van der Waals surface area contributed by atoms with Crippen LogP contribution in [0, 0.1) is 5.82 Å². The summed E-state index contributed by atoms with van der Waals surface area (Å²) in [6, 6.07) is 15.1. The first-order chi connectivity index (χ1) is 14.1. The molecule has 0 aliphatic heterocycles. The lowest BCUT2D eigenvalue weighted by Gasteiger charge is -2.11. The minimum Gasteiger partial charge on any atom is -0.493 e. The van der Waals surface area contributed by atoms with Crippen molar-refractivity contribution in [2.24, 2.45) is 0 Å². The largest absolute Gasteiger partial charge is 0.493 e. The Bertz CT molecular complexity index is 960. The van der Waals surface area contributed by atoms with Gasteiger partial charge in [0.2, 0.25) is 0 Å². The number of anilines is 1. The molecule has 1 amide bonds. The third-order valence-electron chi connectivity index (χ3n) is 4.31. The molecule has 0 aliphatic carbocycles. The Morgan fingerprint density at radius 1 is 0.931 bits per heavy atom. The molecule has 1 heterocycles. The van der Waals surface area contributed by atoms with Crippen molar-refractivity contribution in [3.8, 4) is 11.5 Å². The van der Waals surface area contributed by atoms with Gasteiger partial charge < -0.3 is 20.1 Å². The molecule has 0 spiro atoms. The van der Waals surface area contributed by atoms with Crippen molar-refractivity contribution in [3.05, 3.63) is 83.3 Å². The van der Waals surface area contributed by atoms with Crippen LogP contribution in [0.2, 0.25) is 0 Å². The Kier molecular flexibility index (Phi) is 6.63. The molecule has 2 N–H and O–H groups in total. The highest BCUT2D eigenvalue weighted by atomic mass is 19.1. The van der Waals surface area contributed by atoms with E-state index < -0.39 is 0 Å². The summed E-state index contributed by atoms with van der Waals surface area (Å²) in [6.07, 6.45) is 1.51. The zero-order chi connectivity index (χ0) is 20.6. The smallest absolute Gasteiger partial charge is 0.253 e. The summed E-state index contributed by atoms with van der Waals surface area (Å²) in [5.41, 5.74) is 2.27. The van der Waals surface area contributed by atoms with E-state index in [0.717, 1.165) is 11.1 Å².